The first-order valence-corrected chi connectivity index (χ1v) is 12.4. The molecule has 4 unspecified atom stereocenters. The minimum absolute atomic E-state index is 0.0631. The Morgan fingerprint density at radius 1 is 0.778 bits per heavy atom. The number of rotatable bonds is 9. The number of esters is 1. The molecule has 3 aliphatic carbocycles. The molecule has 0 spiro atoms. The monoisotopic (exact) mass is 376 g/mol. The van der Waals surface area contributed by atoms with Gasteiger partial charge in [-0.15, -0.1) is 0 Å². The molecular formula is C25H44O2. The van der Waals surface area contributed by atoms with E-state index in [1.54, 1.807) is 0 Å². The number of carbonyl (C=O) groups is 1. The molecule has 0 aliphatic heterocycles. The van der Waals surface area contributed by atoms with E-state index in [4.69, 9.17) is 4.74 Å². The van der Waals surface area contributed by atoms with Crippen molar-refractivity contribution in [2.45, 2.75) is 123 Å². The van der Waals surface area contributed by atoms with Crippen LogP contribution in [0.3, 0.4) is 0 Å². The van der Waals surface area contributed by atoms with Crippen LogP contribution in [0.2, 0.25) is 0 Å². The van der Waals surface area contributed by atoms with Crippen molar-refractivity contribution in [3.05, 3.63) is 0 Å². The summed E-state index contributed by atoms with van der Waals surface area (Å²) in [5.74, 6) is 4.87. The Kier molecular flexibility index (Phi) is 8.52. The Bertz CT molecular complexity index is 446. The van der Waals surface area contributed by atoms with E-state index in [1.807, 2.05) is 0 Å². The summed E-state index contributed by atoms with van der Waals surface area (Å²) in [6.07, 6.45) is 20.8. The third-order valence-corrected chi connectivity index (χ3v) is 8.10. The largest absolute Gasteiger partial charge is 0.462 e. The van der Waals surface area contributed by atoms with Crippen LogP contribution in [0.5, 0.6) is 0 Å². The van der Waals surface area contributed by atoms with Crippen molar-refractivity contribution in [2.75, 3.05) is 0 Å². The zero-order valence-electron chi connectivity index (χ0n) is 18.1. The lowest BCUT2D eigenvalue weighted by Gasteiger charge is -2.50. The molecule has 27 heavy (non-hydrogen) atoms. The summed E-state index contributed by atoms with van der Waals surface area (Å²) in [5, 5.41) is 0. The Morgan fingerprint density at radius 3 is 2.19 bits per heavy atom. The van der Waals surface area contributed by atoms with Gasteiger partial charge in [0.1, 0.15) is 6.10 Å². The number of carbonyl (C=O) groups excluding carboxylic acids is 1. The Hall–Kier alpha value is -0.530. The standard InChI is InChI=1S/C25H44O2/c1-3-5-7-9-19-11-15-23-20(17-19)12-13-21-18-22(14-16-24(21)23)27-25(26)10-8-6-4-2/h19-24H,3-18H2,1-2H3/t19-,20?,21?,22-,23?,24?/m0/s1. The molecule has 0 amide bonds. The fourth-order valence-corrected chi connectivity index (χ4v) is 6.66. The molecule has 0 radical (unpaired) electrons. The van der Waals surface area contributed by atoms with E-state index >= 15 is 0 Å². The summed E-state index contributed by atoms with van der Waals surface area (Å²) >= 11 is 0. The molecule has 0 N–H and O–H groups in total. The smallest absolute Gasteiger partial charge is 0.306 e. The first-order valence-electron chi connectivity index (χ1n) is 12.4. The van der Waals surface area contributed by atoms with Gasteiger partial charge in [-0.1, -0.05) is 58.8 Å². The summed E-state index contributed by atoms with van der Waals surface area (Å²) < 4.78 is 5.86. The van der Waals surface area contributed by atoms with E-state index in [0.717, 1.165) is 55.3 Å². The fourth-order valence-electron chi connectivity index (χ4n) is 6.66. The maximum absolute atomic E-state index is 12.1. The number of ether oxygens (including phenoxy) is 1. The van der Waals surface area contributed by atoms with E-state index in [-0.39, 0.29) is 12.1 Å². The molecule has 0 aromatic carbocycles. The maximum Gasteiger partial charge on any atom is 0.306 e. The van der Waals surface area contributed by atoms with Crippen molar-refractivity contribution < 1.29 is 9.53 Å². The highest BCUT2D eigenvalue weighted by molar-refractivity contribution is 5.69. The summed E-state index contributed by atoms with van der Waals surface area (Å²) in [7, 11) is 0. The summed E-state index contributed by atoms with van der Waals surface area (Å²) in [5.41, 5.74) is 0. The van der Waals surface area contributed by atoms with Gasteiger partial charge in [0.25, 0.3) is 0 Å². The molecule has 0 saturated heterocycles. The molecule has 2 nitrogen and oxygen atoms in total. The molecule has 156 valence electrons. The van der Waals surface area contributed by atoms with Crippen LogP contribution < -0.4 is 0 Å². The number of unbranched alkanes of at least 4 members (excludes halogenated alkanes) is 4. The zero-order chi connectivity index (χ0) is 19.1. The molecule has 2 heteroatoms. The third-order valence-electron chi connectivity index (χ3n) is 8.10. The van der Waals surface area contributed by atoms with Crippen molar-refractivity contribution in [2.24, 2.45) is 29.6 Å². The van der Waals surface area contributed by atoms with Crippen LogP contribution in [0.15, 0.2) is 0 Å². The topological polar surface area (TPSA) is 26.3 Å². The Morgan fingerprint density at radius 2 is 1.44 bits per heavy atom. The highest BCUT2D eigenvalue weighted by atomic mass is 16.5. The molecule has 3 fully saturated rings. The summed E-state index contributed by atoms with van der Waals surface area (Å²) in [6, 6.07) is 0. The van der Waals surface area contributed by atoms with Gasteiger partial charge < -0.3 is 4.74 Å². The van der Waals surface area contributed by atoms with Crippen LogP contribution >= 0.6 is 0 Å². The van der Waals surface area contributed by atoms with Crippen LogP contribution in [0.1, 0.15) is 117 Å². The molecule has 0 bridgehead atoms. The second kappa shape index (κ2) is 10.9. The number of hydrogen-bond acceptors (Lipinski definition) is 2. The molecule has 3 rings (SSSR count). The maximum atomic E-state index is 12.1. The Balaban J connectivity index is 1.42. The van der Waals surface area contributed by atoms with Gasteiger partial charge in [0.15, 0.2) is 0 Å². The van der Waals surface area contributed by atoms with E-state index in [0.29, 0.717) is 6.42 Å². The van der Waals surface area contributed by atoms with Crippen LogP contribution in [-0.2, 0) is 9.53 Å². The first kappa shape index (κ1) is 21.2. The van der Waals surface area contributed by atoms with Gasteiger partial charge in [0.2, 0.25) is 0 Å². The van der Waals surface area contributed by atoms with Crippen molar-refractivity contribution in [1.82, 2.24) is 0 Å². The lowest BCUT2D eigenvalue weighted by Crippen LogP contribution is -2.43. The van der Waals surface area contributed by atoms with E-state index in [9.17, 15) is 4.79 Å². The summed E-state index contributed by atoms with van der Waals surface area (Å²) in [4.78, 5) is 12.1. The molecule has 6 atom stereocenters. The van der Waals surface area contributed by atoms with Crippen LogP contribution in [0.4, 0.5) is 0 Å². The number of fused-ring (bicyclic) bond motifs is 3. The number of hydrogen-bond donors (Lipinski definition) is 0. The highest BCUT2D eigenvalue weighted by Crippen LogP contribution is 2.53. The van der Waals surface area contributed by atoms with Crippen molar-refractivity contribution >= 4 is 5.97 Å². The lowest BCUT2D eigenvalue weighted by atomic mass is 9.56. The van der Waals surface area contributed by atoms with Crippen molar-refractivity contribution in [3.8, 4) is 0 Å². The average Bonchev–Trinajstić information content (AvgIpc) is 2.68. The van der Waals surface area contributed by atoms with Crippen LogP contribution in [0.25, 0.3) is 0 Å². The fraction of sp³-hybridized carbons (Fsp3) is 0.960. The molecule has 0 aromatic heterocycles. The quantitative estimate of drug-likeness (QED) is 0.312. The SMILES string of the molecule is CCCCCC(=O)O[C@H]1CCC2C(CCC3C[C@@H](CCCCC)CCC32)C1. The normalized spacial score (nSPS) is 35.9. The third kappa shape index (κ3) is 5.97. The van der Waals surface area contributed by atoms with E-state index in [1.165, 1.54) is 70.6 Å². The molecule has 0 heterocycles. The van der Waals surface area contributed by atoms with Gasteiger partial charge in [0, 0.05) is 6.42 Å². The van der Waals surface area contributed by atoms with Gasteiger partial charge in [-0.05, 0) is 81.0 Å². The minimum atomic E-state index is 0.0631. The predicted molar refractivity (Wildman–Crippen MR) is 113 cm³/mol. The summed E-state index contributed by atoms with van der Waals surface area (Å²) in [6.45, 7) is 4.50. The second-order valence-corrected chi connectivity index (χ2v) is 9.98. The molecule has 3 saturated carbocycles. The predicted octanol–water partition coefficient (Wildman–Crippen LogP) is 7.30. The van der Waals surface area contributed by atoms with Crippen molar-refractivity contribution in [1.29, 1.82) is 0 Å². The minimum Gasteiger partial charge on any atom is -0.462 e. The van der Waals surface area contributed by atoms with Gasteiger partial charge in [0.05, 0.1) is 0 Å². The van der Waals surface area contributed by atoms with E-state index < -0.39 is 0 Å². The second-order valence-electron chi connectivity index (χ2n) is 9.98. The van der Waals surface area contributed by atoms with Gasteiger partial charge in [-0.25, -0.2) is 0 Å². The highest BCUT2D eigenvalue weighted by Gasteiger charge is 2.44. The lowest BCUT2D eigenvalue weighted by molar-refractivity contribution is -0.153. The molecule has 0 aromatic rings. The van der Waals surface area contributed by atoms with Crippen LogP contribution in [0, 0.1) is 29.6 Å². The van der Waals surface area contributed by atoms with Gasteiger partial charge in [-0.3, -0.25) is 4.79 Å². The van der Waals surface area contributed by atoms with Gasteiger partial charge in [-0.2, -0.15) is 0 Å². The Labute approximate surface area is 168 Å². The van der Waals surface area contributed by atoms with Crippen molar-refractivity contribution in [3.63, 3.8) is 0 Å². The first-order chi connectivity index (χ1) is 13.2. The van der Waals surface area contributed by atoms with Crippen LogP contribution in [-0.4, -0.2) is 12.1 Å². The molecule has 3 aliphatic rings. The van der Waals surface area contributed by atoms with Gasteiger partial charge >= 0.3 is 5.97 Å². The zero-order valence-corrected chi connectivity index (χ0v) is 18.1. The average molecular weight is 377 g/mol. The van der Waals surface area contributed by atoms with E-state index in [2.05, 4.69) is 13.8 Å². The molecular weight excluding hydrogens is 332 g/mol.